The number of sulfonamides is 1. The summed E-state index contributed by atoms with van der Waals surface area (Å²) in [5.41, 5.74) is 1.24. The van der Waals surface area contributed by atoms with Crippen LogP contribution in [0.25, 0.3) is 10.2 Å². The maximum absolute atomic E-state index is 12.6. The quantitative estimate of drug-likeness (QED) is 0.579. The third-order valence-corrected chi connectivity index (χ3v) is 6.77. The van der Waals surface area contributed by atoms with Crippen molar-refractivity contribution in [3.8, 4) is 0 Å². The second-order valence-corrected chi connectivity index (χ2v) is 9.53. The van der Waals surface area contributed by atoms with Crippen molar-refractivity contribution in [2.45, 2.75) is 24.8 Å². The zero-order valence-electron chi connectivity index (χ0n) is 16.4. The van der Waals surface area contributed by atoms with E-state index >= 15 is 0 Å². The monoisotopic (exact) mass is 458 g/mol. The number of imide groups is 1. The SMILES string of the molecule is CCCn1c(=NC(=O)CN2C(=O)c3ccccc3C2=O)sc2cc(S(N)(=O)=O)ccc21. The summed E-state index contributed by atoms with van der Waals surface area (Å²) in [6, 6.07) is 10.9. The van der Waals surface area contributed by atoms with E-state index in [1.54, 1.807) is 34.9 Å². The van der Waals surface area contributed by atoms with Crippen molar-refractivity contribution in [1.29, 1.82) is 0 Å². The van der Waals surface area contributed by atoms with Crippen LogP contribution in [0, 0.1) is 0 Å². The summed E-state index contributed by atoms with van der Waals surface area (Å²) < 4.78 is 25.7. The highest BCUT2D eigenvalue weighted by atomic mass is 32.2. The van der Waals surface area contributed by atoms with Crippen molar-refractivity contribution in [1.82, 2.24) is 9.47 Å². The van der Waals surface area contributed by atoms with E-state index in [0.29, 0.717) is 21.6 Å². The Morgan fingerprint density at radius 3 is 2.32 bits per heavy atom. The van der Waals surface area contributed by atoms with Gasteiger partial charge in [0.2, 0.25) is 10.0 Å². The molecule has 31 heavy (non-hydrogen) atoms. The number of amides is 3. The van der Waals surface area contributed by atoms with Gasteiger partial charge in [-0.2, -0.15) is 4.99 Å². The van der Waals surface area contributed by atoms with Gasteiger partial charge in [0, 0.05) is 6.54 Å². The number of carbonyl (C=O) groups is 3. The molecule has 0 saturated carbocycles. The van der Waals surface area contributed by atoms with Crippen molar-refractivity contribution in [2.24, 2.45) is 10.1 Å². The molecule has 0 atom stereocenters. The third-order valence-electron chi connectivity index (χ3n) is 4.82. The zero-order valence-corrected chi connectivity index (χ0v) is 18.1. The fourth-order valence-corrected chi connectivity index (χ4v) is 5.14. The number of primary sulfonamides is 1. The van der Waals surface area contributed by atoms with E-state index in [0.717, 1.165) is 22.7 Å². The molecule has 160 valence electrons. The molecule has 2 N–H and O–H groups in total. The highest BCUT2D eigenvalue weighted by Crippen LogP contribution is 2.23. The summed E-state index contributed by atoms with van der Waals surface area (Å²) in [4.78, 5) is 42.9. The van der Waals surface area contributed by atoms with Gasteiger partial charge in [-0.1, -0.05) is 30.4 Å². The first kappa shape index (κ1) is 21.1. The number of nitrogens with two attached hydrogens (primary N) is 1. The number of hydrogen-bond donors (Lipinski definition) is 1. The number of hydrogen-bond acceptors (Lipinski definition) is 6. The predicted molar refractivity (Wildman–Crippen MR) is 114 cm³/mol. The Hall–Kier alpha value is -3.15. The van der Waals surface area contributed by atoms with E-state index in [1.165, 1.54) is 12.1 Å². The van der Waals surface area contributed by atoms with Gasteiger partial charge < -0.3 is 4.57 Å². The van der Waals surface area contributed by atoms with Crippen LogP contribution in [0.4, 0.5) is 0 Å². The van der Waals surface area contributed by atoms with Crippen molar-refractivity contribution in [2.75, 3.05) is 6.54 Å². The van der Waals surface area contributed by atoms with E-state index < -0.39 is 34.3 Å². The molecule has 0 bridgehead atoms. The summed E-state index contributed by atoms with van der Waals surface area (Å²) in [6.45, 7) is 2.03. The van der Waals surface area contributed by atoms with Gasteiger partial charge in [0.1, 0.15) is 6.54 Å². The van der Waals surface area contributed by atoms with Gasteiger partial charge in [-0.3, -0.25) is 19.3 Å². The molecule has 1 aromatic heterocycles. The lowest BCUT2D eigenvalue weighted by Gasteiger charge is -2.10. The molecule has 0 aliphatic carbocycles. The number of rotatable bonds is 5. The van der Waals surface area contributed by atoms with Gasteiger partial charge in [-0.15, -0.1) is 0 Å². The molecule has 0 radical (unpaired) electrons. The van der Waals surface area contributed by atoms with E-state index in [2.05, 4.69) is 4.99 Å². The Morgan fingerprint density at radius 1 is 1.10 bits per heavy atom. The molecule has 0 spiro atoms. The van der Waals surface area contributed by atoms with Crippen LogP contribution in [0.3, 0.4) is 0 Å². The Kier molecular flexibility index (Phi) is 5.33. The van der Waals surface area contributed by atoms with E-state index in [1.807, 2.05) is 6.92 Å². The molecule has 3 aromatic rings. The zero-order chi connectivity index (χ0) is 22.3. The molecule has 2 aromatic carbocycles. The van der Waals surface area contributed by atoms with Crippen LogP contribution < -0.4 is 9.94 Å². The highest BCUT2D eigenvalue weighted by Gasteiger charge is 2.36. The third kappa shape index (κ3) is 3.82. The molecule has 4 rings (SSSR count). The smallest absolute Gasteiger partial charge is 0.268 e. The number of fused-ring (bicyclic) bond motifs is 2. The summed E-state index contributed by atoms with van der Waals surface area (Å²) >= 11 is 1.14. The summed E-state index contributed by atoms with van der Waals surface area (Å²) in [7, 11) is -3.87. The van der Waals surface area contributed by atoms with Gasteiger partial charge >= 0.3 is 0 Å². The number of aromatic nitrogens is 1. The van der Waals surface area contributed by atoms with Crippen LogP contribution in [-0.2, 0) is 21.4 Å². The number of thiazole rings is 1. The van der Waals surface area contributed by atoms with E-state index in [9.17, 15) is 22.8 Å². The maximum atomic E-state index is 12.6. The number of carbonyl (C=O) groups excluding carboxylic acids is 3. The minimum atomic E-state index is -3.87. The molecule has 3 amide bonds. The molecule has 1 aliphatic heterocycles. The molecular formula is C20H18N4O5S2. The average molecular weight is 459 g/mol. The molecule has 0 unspecified atom stereocenters. The average Bonchev–Trinajstić information content (AvgIpc) is 3.18. The van der Waals surface area contributed by atoms with Gasteiger partial charge in [0.15, 0.2) is 4.80 Å². The fourth-order valence-electron chi connectivity index (χ4n) is 3.42. The van der Waals surface area contributed by atoms with E-state index in [-0.39, 0.29) is 16.0 Å². The number of nitrogens with zero attached hydrogens (tertiary/aromatic N) is 3. The molecule has 9 nitrogen and oxygen atoms in total. The number of benzene rings is 2. The second kappa shape index (κ2) is 7.84. The molecule has 2 heterocycles. The Morgan fingerprint density at radius 2 is 1.74 bits per heavy atom. The maximum Gasteiger partial charge on any atom is 0.268 e. The predicted octanol–water partition coefficient (Wildman–Crippen LogP) is 1.48. The molecule has 0 fully saturated rings. The Labute approximate surface area is 181 Å². The summed E-state index contributed by atoms with van der Waals surface area (Å²) in [5, 5.41) is 5.21. The molecule has 11 heteroatoms. The minimum absolute atomic E-state index is 0.0335. The first-order valence-corrected chi connectivity index (χ1v) is 11.8. The first-order chi connectivity index (χ1) is 14.7. The lowest BCUT2D eigenvalue weighted by atomic mass is 10.1. The first-order valence-electron chi connectivity index (χ1n) is 9.39. The van der Waals surface area contributed by atoms with Crippen molar-refractivity contribution in [3.63, 3.8) is 0 Å². The lowest BCUT2D eigenvalue weighted by molar-refractivity contribution is -0.118. The van der Waals surface area contributed by atoms with E-state index in [4.69, 9.17) is 5.14 Å². The standard InChI is InChI=1S/C20H18N4O5S2/c1-2-9-23-15-8-7-12(31(21,28)29)10-16(15)30-20(23)22-17(25)11-24-18(26)13-5-3-4-6-14(13)19(24)27/h3-8,10H,2,9,11H2,1H3,(H2,21,28,29). The second-order valence-electron chi connectivity index (χ2n) is 6.96. The van der Waals surface area contributed by atoms with Crippen LogP contribution in [0.15, 0.2) is 52.4 Å². The van der Waals surface area contributed by atoms with Crippen LogP contribution in [0.1, 0.15) is 34.1 Å². The Balaban J connectivity index is 1.70. The summed E-state index contributed by atoms with van der Waals surface area (Å²) in [6.07, 6.45) is 0.753. The normalized spacial score (nSPS) is 14.5. The van der Waals surface area contributed by atoms with Crippen molar-refractivity contribution < 1.29 is 22.8 Å². The molecular weight excluding hydrogens is 440 g/mol. The van der Waals surface area contributed by atoms with Crippen LogP contribution in [0.5, 0.6) is 0 Å². The largest absolute Gasteiger partial charge is 0.316 e. The summed E-state index contributed by atoms with van der Waals surface area (Å²) in [5.74, 6) is -1.71. The van der Waals surface area contributed by atoms with Crippen molar-refractivity contribution in [3.05, 3.63) is 58.4 Å². The van der Waals surface area contributed by atoms with Gasteiger partial charge in [0.05, 0.1) is 26.2 Å². The van der Waals surface area contributed by atoms with Crippen LogP contribution in [0.2, 0.25) is 0 Å². The lowest BCUT2D eigenvalue weighted by Crippen LogP contribution is -2.35. The Bertz CT molecular complexity index is 1380. The van der Waals surface area contributed by atoms with Gasteiger partial charge in [-0.05, 0) is 36.8 Å². The minimum Gasteiger partial charge on any atom is -0.316 e. The van der Waals surface area contributed by atoms with Gasteiger partial charge in [-0.25, -0.2) is 13.6 Å². The molecule has 1 aliphatic rings. The number of aryl methyl sites for hydroxylation is 1. The molecule has 0 saturated heterocycles. The van der Waals surface area contributed by atoms with Crippen molar-refractivity contribution >= 4 is 49.3 Å². The van der Waals surface area contributed by atoms with Gasteiger partial charge in [0.25, 0.3) is 17.7 Å². The highest BCUT2D eigenvalue weighted by molar-refractivity contribution is 7.89. The fraction of sp³-hybridized carbons (Fsp3) is 0.200. The topological polar surface area (TPSA) is 132 Å². The van der Waals surface area contributed by atoms with Crippen LogP contribution >= 0.6 is 11.3 Å². The van der Waals surface area contributed by atoms with Crippen LogP contribution in [-0.4, -0.2) is 42.2 Å².